The van der Waals surface area contributed by atoms with E-state index in [0.29, 0.717) is 30.7 Å². The molecule has 0 aliphatic heterocycles. The van der Waals surface area contributed by atoms with Gasteiger partial charge in [0.1, 0.15) is 12.4 Å². The molecule has 0 unspecified atom stereocenters. The number of anilines is 3. The summed E-state index contributed by atoms with van der Waals surface area (Å²) in [6.45, 7) is 2.63. The molecule has 1 fully saturated rings. The number of ether oxygens (including phenoxy) is 2. The lowest BCUT2D eigenvalue weighted by Crippen LogP contribution is -2.40. The van der Waals surface area contributed by atoms with Crippen molar-refractivity contribution >= 4 is 23.2 Å². The number of amides is 1. The molecular formula is C20H27FN6O3. The number of aromatic nitrogens is 2. The number of pyridine rings is 2. The molecule has 1 amide bonds. The number of primary amides is 1. The van der Waals surface area contributed by atoms with Gasteiger partial charge in [-0.3, -0.25) is 4.79 Å². The van der Waals surface area contributed by atoms with Crippen molar-refractivity contribution in [2.45, 2.75) is 31.8 Å². The number of nitrogens with two attached hydrogens (primary N) is 2. The van der Waals surface area contributed by atoms with Crippen molar-refractivity contribution < 1.29 is 18.7 Å². The molecule has 0 spiro atoms. The van der Waals surface area contributed by atoms with Crippen LogP contribution in [0.4, 0.5) is 21.7 Å². The van der Waals surface area contributed by atoms with E-state index in [4.69, 9.17) is 20.9 Å². The topological polar surface area (TPSA) is 137 Å². The van der Waals surface area contributed by atoms with Crippen molar-refractivity contribution in [2.75, 3.05) is 31.0 Å². The van der Waals surface area contributed by atoms with Crippen LogP contribution in [0.25, 0.3) is 0 Å². The number of carbonyl (C=O) groups is 1. The summed E-state index contributed by atoms with van der Waals surface area (Å²) in [4.78, 5) is 20.2. The predicted molar refractivity (Wildman–Crippen MR) is 111 cm³/mol. The lowest BCUT2D eigenvalue weighted by Gasteiger charge is -2.22. The van der Waals surface area contributed by atoms with Gasteiger partial charge in [-0.15, -0.1) is 0 Å². The van der Waals surface area contributed by atoms with E-state index in [1.165, 1.54) is 6.20 Å². The molecular weight excluding hydrogens is 391 g/mol. The average Bonchev–Trinajstić information content (AvgIpc) is 3.55. The molecule has 3 rings (SSSR count). The Labute approximate surface area is 174 Å². The summed E-state index contributed by atoms with van der Waals surface area (Å²) < 4.78 is 25.0. The summed E-state index contributed by atoms with van der Waals surface area (Å²) >= 11 is 0. The maximum atomic E-state index is 14.6. The Balaban J connectivity index is 1.81. The van der Waals surface area contributed by atoms with Crippen molar-refractivity contribution in [3.63, 3.8) is 0 Å². The molecule has 1 saturated carbocycles. The largest absolute Gasteiger partial charge is 0.475 e. The van der Waals surface area contributed by atoms with Gasteiger partial charge >= 0.3 is 0 Å². The van der Waals surface area contributed by atoms with Gasteiger partial charge in [0.2, 0.25) is 5.88 Å². The molecule has 0 radical (unpaired) electrons. The maximum Gasteiger partial charge on any atom is 0.252 e. The zero-order chi connectivity index (χ0) is 21.7. The van der Waals surface area contributed by atoms with Gasteiger partial charge in [-0.05, 0) is 37.8 Å². The molecule has 2 aromatic heterocycles. The number of nitrogens with zero attached hydrogens (tertiary/aromatic N) is 2. The number of hydrogen-bond donors (Lipinski definition) is 4. The Kier molecular flexibility index (Phi) is 7.01. The van der Waals surface area contributed by atoms with Crippen LogP contribution in [-0.2, 0) is 4.74 Å². The minimum absolute atomic E-state index is 0.00303. The smallest absolute Gasteiger partial charge is 0.252 e. The quantitative estimate of drug-likeness (QED) is 0.407. The molecule has 162 valence electrons. The number of rotatable bonds is 11. The van der Waals surface area contributed by atoms with Crippen molar-refractivity contribution in [1.82, 2.24) is 9.97 Å². The van der Waals surface area contributed by atoms with Gasteiger partial charge in [0.15, 0.2) is 11.6 Å². The second-order valence-corrected chi connectivity index (χ2v) is 7.28. The van der Waals surface area contributed by atoms with E-state index in [1.54, 1.807) is 19.2 Å². The van der Waals surface area contributed by atoms with Crippen LogP contribution in [0.1, 0.15) is 30.1 Å². The summed E-state index contributed by atoms with van der Waals surface area (Å²) in [7, 11) is 1.57. The summed E-state index contributed by atoms with van der Waals surface area (Å²) in [5.41, 5.74) is 12.1. The van der Waals surface area contributed by atoms with E-state index in [-0.39, 0.29) is 29.3 Å². The second kappa shape index (κ2) is 9.68. The molecule has 6 N–H and O–H groups in total. The van der Waals surface area contributed by atoms with Gasteiger partial charge in [0.05, 0.1) is 12.2 Å². The lowest BCUT2D eigenvalue weighted by molar-refractivity contribution is 0.100. The standard InChI is InChI=1S/C20H27FN6O3/c1-11(17(22)12-3-4-12)25-20-15(21)10-14(18(23)28)19(27-20)26-13-5-6-24-16(9-13)30-8-7-29-2/h5-6,9-12,17H,3-4,7-8,22H2,1-2H3,(H2,23,28)(H2,24,25,26,27)/t11-,17+/m1/s1. The van der Waals surface area contributed by atoms with Crippen LogP contribution in [0.2, 0.25) is 0 Å². The summed E-state index contributed by atoms with van der Waals surface area (Å²) in [6.07, 6.45) is 3.69. The highest BCUT2D eigenvalue weighted by molar-refractivity contribution is 5.98. The van der Waals surface area contributed by atoms with E-state index in [9.17, 15) is 9.18 Å². The number of methoxy groups -OCH3 is 1. The van der Waals surface area contributed by atoms with Gasteiger partial charge in [0.25, 0.3) is 5.91 Å². The third kappa shape index (κ3) is 5.55. The number of carbonyl (C=O) groups excluding carboxylic acids is 1. The number of halogens is 1. The predicted octanol–water partition coefficient (Wildman–Crippen LogP) is 2.02. The van der Waals surface area contributed by atoms with Crippen molar-refractivity contribution in [1.29, 1.82) is 0 Å². The molecule has 1 aliphatic rings. The summed E-state index contributed by atoms with van der Waals surface area (Å²) in [6, 6.07) is 4.06. The van der Waals surface area contributed by atoms with Crippen LogP contribution >= 0.6 is 0 Å². The van der Waals surface area contributed by atoms with E-state index >= 15 is 0 Å². The Morgan fingerprint density at radius 1 is 1.33 bits per heavy atom. The van der Waals surface area contributed by atoms with Gasteiger partial charge in [-0.2, -0.15) is 0 Å². The Morgan fingerprint density at radius 3 is 2.77 bits per heavy atom. The van der Waals surface area contributed by atoms with Crippen LogP contribution < -0.4 is 26.8 Å². The third-order valence-corrected chi connectivity index (χ3v) is 4.88. The molecule has 0 bridgehead atoms. The Morgan fingerprint density at radius 2 is 2.10 bits per heavy atom. The molecule has 30 heavy (non-hydrogen) atoms. The fraction of sp³-hybridized carbons (Fsp3) is 0.450. The highest BCUT2D eigenvalue weighted by Crippen LogP contribution is 2.34. The molecule has 2 aromatic rings. The monoisotopic (exact) mass is 418 g/mol. The molecule has 2 atom stereocenters. The highest BCUT2D eigenvalue weighted by atomic mass is 19.1. The molecule has 1 aliphatic carbocycles. The minimum Gasteiger partial charge on any atom is -0.475 e. The van der Waals surface area contributed by atoms with Crippen LogP contribution in [0, 0.1) is 11.7 Å². The van der Waals surface area contributed by atoms with Gasteiger partial charge in [0, 0.05) is 37.1 Å². The van der Waals surface area contributed by atoms with Crippen LogP contribution in [0.15, 0.2) is 24.4 Å². The second-order valence-electron chi connectivity index (χ2n) is 7.28. The molecule has 0 aromatic carbocycles. The Bertz CT molecular complexity index is 893. The first-order valence-corrected chi connectivity index (χ1v) is 9.76. The van der Waals surface area contributed by atoms with E-state index < -0.39 is 11.7 Å². The molecule has 9 nitrogen and oxygen atoms in total. The first kappa shape index (κ1) is 21.7. The average molecular weight is 418 g/mol. The third-order valence-electron chi connectivity index (χ3n) is 4.88. The maximum absolute atomic E-state index is 14.6. The van der Waals surface area contributed by atoms with Crippen molar-refractivity contribution in [3.8, 4) is 5.88 Å². The lowest BCUT2D eigenvalue weighted by atomic mass is 10.1. The van der Waals surface area contributed by atoms with Crippen LogP contribution in [0.5, 0.6) is 5.88 Å². The fourth-order valence-electron chi connectivity index (χ4n) is 3.01. The van der Waals surface area contributed by atoms with Gasteiger partial charge < -0.3 is 31.6 Å². The van der Waals surface area contributed by atoms with E-state index in [2.05, 4.69) is 20.6 Å². The van der Waals surface area contributed by atoms with E-state index in [0.717, 1.165) is 18.9 Å². The number of hydrogen-bond acceptors (Lipinski definition) is 8. The fourth-order valence-corrected chi connectivity index (χ4v) is 3.01. The summed E-state index contributed by atoms with van der Waals surface area (Å²) in [5, 5.41) is 6.00. The Hall–Kier alpha value is -2.98. The van der Waals surface area contributed by atoms with Crippen LogP contribution in [0.3, 0.4) is 0 Å². The van der Waals surface area contributed by atoms with Crippen LogP contribution in [-0.4, -0.2) is 48.3 Å². The first-order chi connectivity index (χ1) is 14.4. The molecule has 0 saturated heterocycles. The highest BCUT2D eigenvalue weighted by Gasteiger charge is 2.32. The van der Waals surface area contributed by atoms with Crippen molar-refractivity contribution in [3.05, 3.63) is 35.8 Å². The SMILES string of the molecule is COCCOc1cc(Nc2nc(N[C@H](C)[C@H](N)C3CC3)c(F)cc2C(N)=O)ccn1. The van der Waals surface area contributed by atoms with Gasteiger partial charge in [-0.1, -0.05) is 0 Å². The van der Waals surface area contributed by atoms with Gasteiger partial charge in [-0.25, -0.2) is 14.4 Å². The zero-order valence-corrected chi connectivity index (χ0v) is 17.0. The van der Waals surface area contributed by atoms with Crippen molar-refractivity contribution in [2.24, 2.45) is 17.4 Å². The van der Waals surface area contributed by atoms with E-state index in [1.807, 2.05) is 6.92 Å². The molecule has 2 heterocycles. The minimum atomic E-state index is -0.802. The first-order valence-electron chi connectivity index (χ1n) is 9.76. The zero-order valence-electron chi connectivity index (χ0n) is 17.0. The summed E-state index contributed by atoms with van der Waals surface area (Å²) in [5.74, 6) is -0.566. The number of nitrogens with one attached hydrogen (secondary N) is 2. The molecule has 10 heteroatoms. The normalized spacial score (nSPS) is 15.3.